The monoisotopic (exact) mass is 298 g/mol. The van der Waals surface area contributed by atoms with Gasteiger partial charge in [-0.05, 0) is 30.3 Å². The Hall–Kier alpha value is -2.22. The Morgan fingerprint density at radius 1 is 1.30 bits per heavy atom. The van der Waals surface area contributed by atoms with Crippen molar-refractivity contribution >= 4 is 21.9 Å². The van der Waals surface area contributed by atoms with Gasteiger partial charge >= 0.3 is 16.2 Å². The number of esters is 1. The van der Waals surface area contributed by atoms with Crippen molar-refractivity contribution in [2.24, 2.45) is 4.40 Å². The zero-order chi connectivity index (χ0) is 14.9. The molecule has 0 saturated heterocycles. The molecule has 0 N–H and O–H groups in total. The summed E-state index contributed by atoms with van der Waals surface area (Å²) in [5.41, 5.74) is 0.259. The molecule has 0 radical (unpaired) electrons. The van der Waals surface area contributed by atoms with Crippen molar-refractivity contribution in [3.05, 3.63) is 47.4 Å². The fourth-order valence-electron chi connectivity index (χ4n) is 1.61. The Morgan fingerprint density at radius 2 is 1.90 bits per heavy atom. The summed E-state index contributed by atoms with van der Waals surface area (Å²) >= 11 is 0. The van der Waals surface area contributed by atoms with E-state index in [1.807, 2.05) is 0 Å². The largest absolute Gasteiger partial charge is 0.464 e. The molecule has 0 saturated carbocycles. The fourth-order valence-corrected chi connectivity index (χ4v) is 2.51. The molecule has 0 unspecified atom stereocenters. The lowest BCUT2D eigenvalue weighted by Crippen LogP contribution is -2.33. The SMILES string of the molecule is COC(=O)C1=CC(c2ccc(F)cc2)=NS(=O)(=O)N1C. The molecule has 20 heavy (non-hydrogen) atoms. The second-order valence-corrected chi connectivity index (χ2v) is 5.58. The van der Waals surface area contributed by atoms with Crippen LogP contribution in [0.25, 0.3) is 0 Å². The molecular formula is C12H11FN2O4S. The summed E-state index contributed by atoms with van der Waals surface area (Å²) in [5.74, 6) is -1.26. The molecule has 0 fully saturated rings. The van der Waals surface area contributed by atoms with Gasteiger partial charge in [-0.2, -0.15) is 8.42 Å². The number of hydrogen-bond donors (Lipinski definition) is 0. The molecule has 0 aromatic heterocycles. The Morgan fingerprint density at radius 3 is 2.45 bits per heavy atom. The van der Waals surface area contributed by atoms with Crippen LogP contribution in [0.2, 0.25) is 0 Å². The molecule has 0 spiro atoms. The van der Waals surface area contributed by atoms with Gasteiger partial charge in [0.2, 0.25) is 0 Å². The van der Waals surface area contributed by atoms with Gasteiger partial charge in [-0.15, -0.1) is 4.40 Å². The first-order chi connectivity index (χ1) is 9.35. The molecule has 1 aliphatic heterocycles. The minimum atomic E-state index is -4.01. The van der Waals surface area contributed by atoms with Crippen LogP contribution in [-0.4, -0.2) is 38.6 Å². The van der Waals surface area contributed by atoms with Crippen molar-refractivity contribution in [2.45, 2.75) is 0 Å². The number of carbonyl (C=O) groups excluding carboxylic acids is 1. The van der Waals surface area contributed by atoms with Gasteiger partial charge in [-0.1, -0.05) is 0 Å². The van der Waals surface area contributed by atoms with Crippen LogP contribution < -0.4 is 0 Å². The first-order valence-corrected chi connectivity index (χ1v) is 6.89. The average Bonchev–Trinajstić information content (AvgIpc) is 2.41. The Bertz CT molecular complexity index is 707. The van der Waals surface area contributed by atoms with Crippen LogP contribution in [0.1, 0.15) is 5.56 Å². The maximum Gasteiger partial charge on any atom is 0.355 e. The Kier molecular flexibility index (Phi) is 3.58. The predicted molar refractivity (Wildman–Crippen MR) is 69.7 cm³/mol. The Balaban J connectivity index is 2.55. The highest BCUT2D eigenvalue weighted by molar-refractivity contribution is 7.88. The fraction of sp³-hybridized carbons (Fsp3) is 0.167. The number of hydrogen-bond acceptors (Lipinski definition) is 4. The number of rotatable bonds is 2. The third-order valence-corrected chi connectivity index (χ3v) is 4.02. The zero-order valence-electron chi connectivity index (χ0n) is 10.7. The lowest BCUT2D eigenvalue weighted by atomic mass is 10.1. The summed E-state index contributed by atoms with van der Waals surface area (Å²) in [4.78, 5) is 11.6. The zero-order valence-corrected chi connectivity index (χ0v) is 11.5. The van der Waals surface area contributed by atoms with Crippen LogP contribution in [-0.2, 0) is 19.7 Å². The number of allylic oxidation sites excluding steroid dienone is 1. The van der Waals surface area contributed by atoms with Crippen LogP contribution in [0.15, 0.2) is 40.4 Å². The van der Waals surface area contributed by atoms with Crippen LogP contribution in [0.3, 0.4) is 0 Å². The molecule has 106 valence electrons. The maximum atomic E-state index is 12.9. The van der Waals surface area contributed by atoms with Crippen LogP contribution in [0.4, 0.5) is 4.39 Å². The van der Waals surface area contributed by atoms with Gasteiger partial charge in [0.05, 0.1) is 12.8 Å². The van der Waals surface area contributed by atoms with E-state index in [9.17, 15) is 17.6 Å². The van der Waals surface area contributed by atoms with Gasteiger partial charge in [0.1, 0.15) is 11.5 Å². The van der Waals surface area contributed by atoms with Crippen molar-refractivity contribution in [1.82, 2.24) is 4.31 Å². The minimum Gasteiger partial charge on any atom is -0.464 e. The molecular weight excluding hydrogens is 287 g/mol. The topological polar surface area (TPSA) is 76.0 Å². The maximum absolute atomic E-state index is 12.9. The molecule has 0 amide bonds. The molecule has 1 aromatic rings. The molecule has 0 atom stereocenters. The summed E-state index contributed by atoms with van der Waals surface area (Å²) in [6.45, 7) is 0. The summed E-state index contributed by atoms with van der Waals surface area (Å²) in [7, 11) is -1.67. The summed E-state index contributed by atoms with van der Waals surface area (Å²) in [5, 5.41) is 0. The highest BCUT2D eigenvalue weighted by Crippen LogP contribution is 2.20. The van der Waals surface area contributed by atoms with E-state index in [0.29, 0.717) is 5.56 Å². The predicted octanol–water partition coefficient (Wildman–Crippen LogP) is 0.862. The number of ether oxygens (including phenoxy) is 1. The van der Waals surface area contributed by atoms with E-state index in [2.05, 4.69) is 9.13 Å². The van der Waals surface area contributed by atoms with Gasteiger partial charge in [0.25, 0.3) is 0 Å². The first-order valence-electron chi connectivity index (χ1n) is 5.50. The molecule has 1 heterocycles. The third kappa shape index (κ3) is 2.55. The van der Waals surface area contributed by atoms with Crippen molar-refractivity contribution < 1.29 is 22.3 Å². The van der Waals surface area contributed by atoms with Gasteiger partial charge in [-0.3, -0.25) is 0 Å². The molecule has 6 nitrogen and oxygen atoms in total. The van der Waals surface area contributed by atoms with Crippen LogP contribution in [0, 0.1) is 5.82 Å². The molecule has 2 rings (SSSR count). The Labute approximate surface area is 115 Å². The van der Waals surface area contributed by atoms with Gasteiger partial charge in [-0.25, -0.2) is 13.5 Å². The number of methoxy groups -OCH3 is 1. The molecule has 8 heteroatoms. The number of carbonyl (C=O) groups is 1. The van der Waals surface area contributed by atoms with E-state index in [1.54, 1.807) is 0 Å². The lowest BCUT2D eigenvalue weighted by Gasteiger charge is -2.22. The van der Waals surface area contributed by atoms with E-state index in [1.165, 1.54) is 37.4 Å². The van der Waals surface area contributed by atoms with Crippen molar-refractivity contribution in [3.8, 4) is 0 Å². The quantitative estimate of drug-likeness (QED) is 0.759. The molecule has 0 bridgehead atoms. The second-order valence-electron chi connectivity index (χ2n) is 3.95. The van der Waals surface area contributed by atoms with E-state index in [0.717, 1.165) is 11.4 Å². The standard InChI is InChI=1S/C12H11FN2O4S/c1-15-11(12(16)19-2)7-10(14-20(15,17)18)8-3-5-9(13)6-4-8/h3-7H,1-2H3. The summed E-state index contributed by atoms with van der Waals surface area (Å²) in [6.07, 6.45) is 1.28. The molecule has 1 aromatic carbocycles. The number of nitrogens with zero attached hydrogens (tertiary/aromatic N) is 2. The summed E-state index contributed by atoms with van der Waals surface area (Å²) < 4.78 is 45.5. The van der Waals surface area contributed by atoms with Crippen LogP contribution in [0.5, 0.6) is 0 Å². The lowest BCUT2D eigenvalue weighted by molar-refractivity contribution is -0.137. The van der Waals surface area contributed by atoms with Crippen LogP contribution >= 0.6 is 0 Å². The number of likely N-dealkylation sites (N-methyl/N-ethyl adjacent to an activating group) is 1. The van der Waals surface area contributed by atoms with Gasteiger partial charge in [0.15, 0.2) is 0 Å². The first kappa shape index (κ1) is 14.2. The minimum absolute atomic E-state index is 0.0449. The van der Waals surface area contributed by atoms with Gasteiger partial charge < -0.3 is 4.74 Å². The highest BCUT2D eigenvalue weighted by Gasteiger charge is 2.30. The van der Waals surface area contributed by atoms with E-state index in [-0.39, 0.29) is 11.4 Å². The molecule has 1 aliphatic rings. The van der Waals surface area contributed by atoms with E-state index in [4.69, 9.17) is 0 Å². The summed E-state index contributed by atoms with van der Waals surface area (Å²) in [6, 6.07) is 5.10. The second kappa shape index (κ2) is 5.04. The van der Waals surface area contributed by atoms with E-state index < -0.39 is 22.0 Å². The van der Waals surface area contributed by atoms with E-state index >= 15 is 0 Å². The van der Waals surface area contributed by atoms with Crippen molar-refractivity contribution in [3.63, 3.8) is 0 Å². The van der Waals surface area contributed by atoms with Crippen molar-refractivity contribution in [2.75, 3.05) is 14.2 Å². The average molecular weight is 298 g/mol. The smallest absolute Gasteiger partial charge is 0.355 e. The van der Waals surface area contributed by atoms with Crippen molar-refractivity contribution in [1.29, 1.82) is 0 Å². The normalized spacial score (nSPS) is 17.2. The number of benzene rings is 1. The third-order valence-electron chi connectivity index (χ3n) is 2.71. The number of halogens is 1. The highest BCUT2D eigenvalue weighted by atomic mass is 32.2. The molecule has 0 aliphatic carbocycles. The van der Waals surface area contributed by atoms with Gasteiger partial charge in [0, 0.05) is 12.6 Å².